The van der Waals surface area contributed by atoms with Crippen LogP contribution in [0, 0.1) is 10.1 Å². The number of rotatable bonds is 8. The van der Waals surface area contributed by atoms with Gasteiger partial charge in [0.2, 0.25) is 0 Å². The maximum atomic E-state index is 12.6. The van der Waals surface area contributed by atoms with E-state index in [1.54, 1.807) is 24.3 Å². The summed E-state index contributed by atoms with van der Waals surface area (Å²) < 4.78 is 11.4. The number of unbranched alkanes of at least 4 members (excludes halogenated alkanes) is 1. The van der Waals surface area contributed by atoms with Crippen LogP contribution in [0.5, 0.6) is 11.5 Å². The van der Waals surface area contributed by atoms with Gasteiger partial charge in [0.25, 0.3) is 11.6 Å². The Hall–Kier alpha value is -3.20. The van der Waals surface area contributed by atoms with Crippen LogP contribution in [0.25, 0.3) is 10.2 Å². The number of anilines is 1. The third-order valence-electron chi connectivity index (χ3n) is 3.96. The van der Waals surface area contributed by atoms with Crippen molar-refractivity contribution in [3.63, 3.8) is 0 Å². The maximum Gasteiger partial charge on any atom is 0.274 e. The predicted molar refractivity (Wildman–Crippen MR) is 108 cm³/mol. The van der Waals surface area contributed by atoms with Gasteiger partial charge in [0, 0.05) is 11.6 Å². The number of nitro groups is 1. The molecule has 0 unspecified atom stereocenters. The van der Waals surface area contributed by atoms with Crippen LogP contribution in [0.1, 0.15) is 30.1 Å². The first-order chi connectivity index (χ1) is 13.5. The Morgan fingerprint density at radius 2 is 2.14 bits per heavy atom. The quantitative estimate of drug-likeness (QED) is 0.335. The molecule has 0 aliphatic rings. The van der Waals surface area contributed by atoms with Crippen molar-refractivity contribution in [3.8, 4) is 11.5 Å². The van der Waals surface area contributed by atoms with E-state index in [2.05, 4.69) is 17.2 Å². The lowest BCUT2D eigenvalue weighted by Gasteiger charge is -2.07. The molecule has 0 fully saturated rings. The maximum absolute atomic E-state index is 12.6. The lowest BCUT2D eigenvalue weighted by molar-refractivity contribution is -0.384. The Labute approximate surface area is 165 Å². The molecule has 1 amide bonds. The van der Waals surface area contributed by atoms with Gasteiger partial charge in [-0.15, -0.1) is 0 Å². The van der Waals surface area contributed by atoms with E-state index in [0.717, 1.165) is 24.2 Å². The zero-order valence-electron chi connectivity index (χ0n) is 15.4. The van der Waals surface area contributed by atoms with Crippen LogP contribution in [0.4, 0.5) is 10.8 Å². The molecule has 8 nitrogen and oxygen atoms in total. The van der Waals surface area contributed by atoms with Gasteiger partial charge in [0.05, 0.1) is 29.4 Å². The van der Waals surface area contributed by atoms with Gasteiger partial charge in [-0.05, 0) is 24.6 Å². The first-order valence-corrected chi connectivity index (χ1v) is 9.50. The summed E-state index contributed by atoms with van der Waals surface area (Å²) in [7, 11) is 1.42. The summed E-state index contributed by atoms with van der Waals surface area (Å²) >= 11 is 1.14. The van der Waals surface area contributed by atoms with Gasteiger partial charge in [-0.1, -0.05) is 30.7 Å². The molecule has 0 saturated carbocycles. The van der Waals surface area contributed by atoms with E-state index in [0.29, 0.717) is 33.3 Å². The lowest BCUT2D eigenvalue weighted by Crippen LogP contribution is -2.11. The first-order valence-electron chi connectivity index (χ1n) is 8.69. The van der Waals surface area contributed by atoms with Gasteiger partial charge in [0.1, 0.15) is 11.3 Å². The third kappa shape index (κ3) is 4.37. The minimum Gasteiger partial charge on any atom is -0.494 e. The number of nitro benzene ring substituents is 1. The molecule has 28 heavy (non-hydrogen) atoms. The van der Waals surface area contributed by atoms with Crippen molar-refractivity contribution >= 4 is 38.3 Å². The van der Waals surface area contributed by atoms with Crippen LogP contribution in [0.15, 0.2) is 36.4 Å². The van der Waals surface area contributed by atoms with Crippen molar-refractivity contribution in [2.45, 2.75) is 19.8 Å². The minimum absolute atomic E-state index is 0.0946. The summed E-state index contributed by atoms with van der Waals surface area (Å²) in [5.74, 6) is 0.573. The number of ether oxygens (including phenoxy) is 2. The summed E-state index contributed by atoms with van der Waals surface area (Å²) in [5.41, 5.74) is 0.805. The number of amides is 1. The second-order valence-corrected chi connectivity index (χ2v) is 6.99. The molecule has 9 heteroatoms. The number of thiazole rings is 1. The van der Waals surface area contributed by atoms with E-state index in [4.69, 9.17) is 9.47 Å². The van der Waals surface area contributed by atoms with E-state index in [1.165, 1.54) is 19.2 Å². The summed E-state index contributed by atoms with van der Waals surface area (Å²) in [6.07, 6.45) is 1.97. The van der Waals surface area contributed by atoms with E-state index in [1.807, 2.05) is 0 Å². The minimum atomic E-state index is -0.496. The molecule has 0 bridgehead atoms. The van der Waals surface area contributed by atoms with Crippen molar-refractivity contribution in [1.82, 2.24) is 4.98 Å². The fourth-order valence-corrected chi connectivity index (χ4v) is 3.44. The number of non-ortho nitro benzene ring substituents is 1. The third-order valence-corrected chi connectivity index (χ3v) is 4.88. The fraction of sp³-hybridized carbons (Fsp3) is 0.263. The highest BCUT2D eigenvalue weighted by molar-refractivity contribution is 7.22. The number of hydrogen-bond donors (Lipinski definition) is 1. The normalized spacial score (nSPS) is 10.6. The molecule has 0 saturated heterocycles. The predicted octanol–water partition coefficient (Wildman–Crippen LogP) is 4.64. The summed E-state index contributed by atoms with van der Waals surface area (Å²) in [6, 6.07) is 9.62. The molecule has 0 atom stereocenters. The lowest BCUT2D eigenvalue weighted by atomic mass is 10.2. The Morgan fingerprint density at radius 1 is 1.32 bits per heavy atom. The van der Waals surface area contributed by atoms with E-state index in [-0.39, 0.29) is 17.3 Å². The average molecular weight is 401 g/mol. The Bertz CT molecular complexity index is 1020. The van der Waals surface area contributed by atoms with Crippen LogP contribution in [-0.2, 0) is 0 Å². The molecular weight excluding hydrogens is 382 g/mol. The van der Waals surface area contributed by atoms with Crippen molar-refractivity contribution in [1.29, 1.82) is 0 Å². The van der Waals surface area contributed by atoms with Gasteiger partial charge in [0.15, 0.2) is 10.9 Å². The number of nitrogens with zero attached hydrogens (tertiary/aromatic N) is 2. The molecule has 1 N–H and O–H groups in total. The summed E-state index contributed by atoms with van der Waals surface area (Å²) in [5, 5.41) is 14.1. The number of nitrogens with one attached hydrogen (secondary N) is 1. The monoisotopic (exact) mass is 401 g/mol. The number of benzene rings is 2. The second kappa shape index (κ2) is 8.66. The van der Waals surface area contributed by atoms with Crippen molar-refractivity contribution in [2.24, 2.45) is 0 Å². The molecule has 0 radical (unpaired) electrons. The molecule has 1 aromatic heterocycles. The van der Waals surface area contributed by atoms with Gasteiger partial charge >= 0.3 is 0 Å². The molecule has 146 valence electrons. The van der Waals surface area contributed by atoms with Gasteiger partial charge < -0.3 is 9.47 Å². The number of methoxy groups -OCH3 is 1. The average Bonchev–Trinajstić information content (AvgIpc) is 3.09. The zero-order valence-corrected chi connectivity index (χ0v) is 16.2. The Morgan fingerprint density at radius 3 is 2.86 bits per heavy atom. The molecule has 0 aliphatic heterocycles. The number of fused-ring (bicyclic) bond motifs is 1. The first kappa shape index (κ1) is 19.6. The van der Waals surface area contributed by atoms with Crippen LogP contribution >= 0.6 is 11.3 Å². The Kier molecular flexibility index (Phi) is 6.05. The molecule has 1 heterocycles. The molecule has 2 aromatic carbocycles. The molecule has 0 spiro atoms. The SMILES string of the molecule is CCCCOc1cccc(C(=O)Nc2nc3c(OC)cc([N+](=O)[O-])cc3s2)c1. The topological polar surface area (TPSA) is 104 Å². The highest BCUT2D eigenvalue weighted by Crippen LogP contribution is 2.36. The van der Waals surface area contributed by atoms with Crippen LogP contribution < -0.4 is 14.8 Å². The second-order valence-electron chi connectivity index (χ2n) is 5.95. The van der Waals surface area contributed by atoms with Crippen LogP contribution in [-0.4, -0.2) is 29.5 Å². The van der Waals surface area contributed by atoms with Crippen molar-refractivity contribution in [3.05, 3.63) is 52.1 Å². The van der Waals surface area contributed by atoms with E-state index >= 15 is 0 Å². The van der Waals surface area contributed by atoms with Gasteiger partial charge in [-0.2, -0.15) is 0 Å². The van der Waals surface area contributed by atoms with Crippen LogP contribution in [0.3, 0.4) is 0 Å². The van der Waals surface area contributed by atoms with Crippen molar-refractivity contribution < 1.29 is 19.2 Å². The fourth-order valence-electron chi connectivity index (χ4n) is 2.53. The zero-order chi connectivity index (χ0) is 20.1. The molecular formula is C19H19N3O5S. The summed E-state index contributed by atoms with van der Waals surface area (Å²) in [6.45, 7) is 2.67. The number of hydrogen-bond acceptors (Lipinski definition) is 7. The standard InChI is InChI=1S/C19H19N3O5S/c1-3-4-8-27-14-7-5-6-12(9-14)18(23)21-19-20-17-15(26-2)10-13(22(24)25)11-16(17)28-19/h5-7,9-11H,3-4,8H2,1-2H3,(H,20,21,23). The largest absolute Gasteiger partial charge is 0.494 e. The molecule has 3 aromatic rings. The molecule has 3 rings (SSSR count). The van der Waals surface area contributed by atoms with Crippen LogP contribution in [0.2, 0.25) is 0 Å². The molecule has 0 aliphatic carbocycles. The van der Waals surface area contributed by atoms with E-state index in [9.17, 15) is 14.9 Å². The summed E-state index contributed by atoms with van der Waals surface area (Å²) in [4.78, 5) is 27.5. The smallest absolute Gasteiger partial charge is 0.274 e. The Balaban J connectivity index is 1.81. The van der Waals surface area contributed by atoms with Gasteiger partial charge in [-0.3, -0.25) is 20.2 Å². The number of carbonyl (C=O) groups is 1. The highest BCUT2D eigenvalue weighted by Gasteiger charge is 2.18. The highest BCUT2D eigenvalue weighted by atomic mass is 32.1. The van der Waals surface area contributed by atoms with E-state index < -0.39 is 4.92 Å². The van der Waals surface area contributed by atoms with Crippen molar-refractivity contribution in [2.75, 3.05) is 19.0 Å². The number of aromatic nitrogens is 1. The number of carbonyl (C=O) groups excluding carboxylic acids is 1. The van der Waals surface area contributed by atoms with Gasteiger partial charge in [-0.25, -0.2) is 4.98 Å².